The topological polar surface area (TPSA) is 61.0 Å². The molecule has 0 aliphatic rings. The minimum absolute atomic E-state index is 0.457. The first-order chi connectivity index (χ1) is 10.0. The van der Waals surface area contributed by atoms with Gasteiger partial charge in [-0.25, -0.2) is 9.97 Å². The molecular formula is C17H23N3O. The Labute approximate surface area is 126 Å². The Hall–Kier alpha value is -2.10. The fourth-order valence-electron chi connectivity index (χ4n) is 2.17. The van der Waals surface area contributed by atoms with Crippen LogP contribution in [0.15, 0.2) is 24.5 Å². The number of nitrogen functional groups attached to an aromatic ring is 1. The van der Waals surface area contributed by atoms with Gasteiger partial charge in [-0.05, 0) is 36.5 Å². The van der Waals surface area contributed by atoms with Crippen LogP contribution in [-0.2, 0) is 6.42 Å². The van der Waals surface area contributed by atoms with E-state index in [0.717, 1.165) is 29.7 Å². The van der Waals surface area contributed by atoms with Gasteiger partial charge < -0.3 is 10.5 Å². The van der Waals surface area contributed by atoms with Crippen LogP contribution in [0.4, 0.5) is 5.82 Å². The number of nitrogens with two attached hydrogens (primary N) is 1. The smallest absolute Gasteiger partial charge is 0.227 e. The van der Waals surface area contributed by atoms with Gasteiger partial charge in [0, 0.05) is 0 Å². The summed E-state index contributed by atoms with van der Waals surface area (Å²) < 4.78 is 6.03. The lowest BCUT2D eigenvalue weighted by Crippen LogP contribution is -2.03. The standard InChI is InChI=1S/C17H23N3O/c1-5-6-14-16(18)19-10-20-17(14)21-15-9-13(11(2)3)8-7-12(15)4/h7-11H,5-6H2,1-4H3,(H2,18,19,20). The van der Waals surface area contributed by atoms with Gasteiger partial charge in [-0.1, -0.05) is 39.3 Å². The van der Waals surface area contributed by atoms with Crippen molar-refractivity contribution in [3.05, 3.63) is 41.2 Å². The minimum Gasteiger partial charge on any atom is -0.438 e. The van der Waals surface area contributed by atoms with E-state index in [4.69, 9.17) is 10.5 Å². The summed E-state index contributed by atoms with van der Waals surface area (Å²) in [6, 6.07) is 6.29. The summed E-state index contributed by atoms with van der Waals surface area (Å²) in [5.41, 5.74) is 9.16. The van der Waals surface area contributed by atoms with Crippen LogP contribution in [0, 0.1) is 6.92 Å². The molecule has 112 valence electrons. The number of aryl methyl sites for hydroxylation is 1. The third kappa shape index (κ3) is 3.51. The van der Waals surface area contributed by atoms with Crippen molar-refractivity contribution in [1.29, 1.82) is 0 Å². The molecule has 2 rings (SSSR count). The molecule has 2 N–H and O–H groups in total. The molecule has 1 heterocycles. The normalized spacial score (nSPS) is 10.9. The number of hydrogen-bond donors (Lipinski definition) is 1. The summed E-state index contributed by atoms with van der Waals surface area (Å²) in [5, 5.41) is 0. The Morgan fingerprint density at radius 3 is 2.67 bits per heavy atom. The van der Waals surface area contributed by atoms with Crippen LogP contribution in [0.25, 0.3) is 0 Å². The van der Waals surface area contributed by atoms with E-state index >= 15 is 0 Å². The number of nitrogens with zero attached hydrogens (tertiary/aromatic N) is 2. The van der Waals surface area contributed by atoms with Crippen molar-refractivity contribution in [2.75, 3.05) is 5.73 Å². The summed E-state index contributed by atoms with van der Waals surface area (Å²) in [7, 11) is 0. The van der Waals surface area contributed by atoms with Crippen molar-refractivity contribution in [2.45, 2.75) is 46.5 Å². The lowest BCUT2D eigenvalue weighted by molar-refractivity contribution is 0.450. The molecule has 21 heavy (non-hydrogen) atoms. The van der Waals surface area contributed by atoms with Crippen molar-refractivity contribution in [3.63, 3.8) is 0 Å². The molecular weight excluding hydrogens is 262 g/mol. The monoisotopic (exact) mass is 285 g/mol. The van der Waals surface area contributed by atoms with E-state index in [1.807, 2.05) is 6.92 Å². The van der Waals surface area contributed by atoms with Gasteiger partial charge in [0.05, 0.1) is 5.56 Å². The van der Waals surface area contributed by atoms with Crippen molar-refractivity contribution in [1.82, 2.24) is 9.97 Å². The molecule has 0 atom stereocenters. The predicted molar refractivity (Wildman–Crippen MR) is 85.8 cm³/mol. The molecule has 0 aliphatic carbocycles. The summed E-state index contributed by atoms with van der Waals surface area (Å²) >= 11 is 0. The second-order valence-corrected chi connectivity index (χ2v) is 5.57. The first-order valence-electron chi connectivity index (χ1n) is 7.40. The number of anilines is 1. The van der Waals surface area contributed by atoms with E-state index in [2.05, 4.69) is 48.9 Å². The van der Waals surface area contributed by atoms with Gasteiger partial charge in [-0.2, -0.15) is 0 Å². The van der Waals surface area contributed by atoms with Crippen LogP contribution < -0.4 is 10.5 Å². The first-order valence-corrected chi connectivity index (χ1v) is 7.40. The number of hydrogen-bond acceptors (Lipinski definition) is 4. The molecule has 0 aliphatic heterocycles. The van der Waals surface area contributed by atoms with Gasteiger partial charge in [0.25, 0.3) is 0 Å². The van der Waals surface area contributed by atoms with Gasteiger partial charge in [-0.3, -0.25) is 0 Å². The van der Waals surface area contributed by atoms with Crippen LogP contribution in [0.3, 0.4) is 0 Å². The molecule has 0 bridgehead atoms. The molecule has 0 saturated carbocycles. The zero-order chi connectivity index (χ0) is 15.4. The maximum atomic E-state index is 6.03. The lowest BCUT2D eigenvalue weighted by atomic mass is 10.0. The van der Waals surface area contributed by atoms with E-state index in [1.54, 1.807) is 0 Å². The molecule has 0 unspecified atom stereocenters. The summed E-state index contributed by atoms with van der Waals surface area (Å²) in [5.74, 6) is 2.35. The highest BCUT2D eigenvalue weighted by molar-refractivity contribution is 5.47. The fraction of sp³-hybridized carbons (Fsp3) is 0.412. The second kappa shape index (κ2) is 6.57. The zero-order valence-corrected chi connectivity index (χ0v) is 13.2. The Morgan fingerprint density at radius 1 is 1.24 bits per heavy atom. The number of rotatable bonds is 5. The van der Waals surface area contributed by atoms with Crippen LogP contribution >= 0.6 is 0 Å². The molecule has 0 fully saturated rings. The molecule has 4 heteroatoms. The van der Waals surface area contributed by atoms with Gasteiger partial charge in [0.1, 0.15) is 17.9 Å². The molecule has 1 aromatic heterocycles. The van der Waals surface area contributed by atoms with E-state index < -0.39 is 0 Å². The van der Waals surface area contributed by atoms with Crippen molar-refractivity contribution in [3.8, 4) is 11.6 Å². The summed E-state index contributed by atoms with van der Waals surface area (Å²) in [6.07, 6.45) is 3.23. The van der Waals surface area contributed by atoms with E-state index in [1.165, 1.54) is 11.9 Å². The van der Waals surface area contributed by atoms with E-state index in [0.29, 0.717) is 17.6 Å². The van der Waals surface area contributed by atoms with Gasteiger partial charge in [-0.15, -0.1) is 0 Å². The zero-order valence-electron chi connectivity index (χ0n) is 13.2. The third-order valence-electron chi connectivity index (χ3n) is 3.52. The largest absolute Gasteiger partial charge is 0.438 e. The minimum atomic E-state index is 0.457. The number of ether oxygens (including phenoxy) is 1. The van der Waals surface area contributed by atoms with Crippen molar-refractivity contribution < 1.29 is 4.74 Å². The van der Waals surface area contributed by atoms with Crippen molar-refractivity contribution >= 4 is 5.82 Å². The first kappa shape index (κ1) is 15.3. The molecule has 0 radical (unpaired) electrons. The van der Waals surface area contributed by atoms with Crippen LogP contribution in [0.5, 0.6) is 11.6 Å². The molecule has 4 nitrogen and oxygen atoms in total. The SMILES string of the molecule is CCCc1c(N)ncnc1Oc1cc(C(C)C)ccc1C. The Bertz CT molecular complexity index is 623. The number of aromatic nitrogens is 2. The highest BCUT2D eigenvalue weighted by Gasteiger charge is 2.13. The summed E-state index contributed by atoms with van der Waals surface area (Å²) in [6.45, 7) is 8.46. The van der Waals surface area contributed by atoms with E-state index in [-0.39, 0.29) is 0 Å². The molecule has 2 aromatic rings. The van der Waals surface area contributed by atoms with Gasteiger partial charge in [0.2, 0.25) is 5.88 Å². The van der Waals surface area contributed by atoms with Crippen molar-refractivity contribution in [2.24, 2.45) is 0 Å². The highest BCUT2D eigenvalue weighted by Crippen LogP contribution is 2.31. The Balaban J connectivity index is 2.38. The second-order valence-electron chi connectivity index (χ2n) is 5.57. The predicted octanol–water partition coefficient (Wildman–Crippen LogP) is 4.24. The lowest BCUT2D eigenvalue weighted by Gasteiger charge is -2.14. The summed E-state index contributed by atoms with van der Waals surface area (Å²) in [4.78, 5) is 8.31. The molecule has 1 aromatic carbocycles. The Kier molecular flexibility index (Phi) is 4.78. The Morgan fingerprint density at radius 2 is 2.00 bits per heavy atom. The van der Waals surface area contributed by atoms with Gasteiger partial charge in [0.15, 0.2) is 0 Å². The maximum absolute atomic E-state index is 6.03. The van der Waals surface area contributed by atoms with Crippen LogP contribution in [0.1, 0.15) is 49.8 Å². The maximum Gasteiger partial charge on any atom is 0.227 e. The molecule has 0 amide bonds. The van der Waals surface area contributed by atoms with Crippen LogP contribution in [0.2, 0.25) is 0 Å². The average molecular weight is 285 g/mol. The quantitative estimate of drug-likeness (QED) is 0.892. The van der Waals surface area contributed by atoms with Crippen LogP contribution in [-0.4, -0.2) is 9.97 Å². The highest BCUT2D eigenvalue weighted by atomic mass is 16.5. The molecule has 0 spiro atoms. The average Bonchev–Trinajstić information content (AvgIpc) is 2.44. The third-order valence-corrected chi connectivity index (χ3v) is 3.52. The number of benzene rings is 1. The van der Waals surface area contributed by atoms with E-state index in [9.17, 15) is 0 Å². The molecule has 0 saturated heterocycles. The van der Waals surface area contributed by atoms with Gasteiger partial charge >= 0.3 is 0 Å². The fourth-order valence-corrected chi connectivity index (χ4v) is 2.17.